The van der Waals surface area contributed by atoms with Crippen LogP contribution in [0.2, 0.25) is 0 Å². The number of hydrogen-bond donors (Lipinski definition) is 0. The van der Waals surface area contributed by atoms with Crippen molar-refractivity contribution >= 4 is 17.5 Å². The quantitative estimate of drug-likeness (QED) is 0.726. The average molecular weight is 257 g/mol. The number of nitriles is 1. The monoisotopic (exact) mass is 256 g/mol. The summed E-state index contributed by atoms with van der Waals surface area (Å²) in [5.74, 6) is 1.36. The van der Waals surface area contributed by atoms with Crippen LogP contribution in [0.25, 0.3) is 0 Å². The molecule has 0 spiro atoms. The molecule has 0 bridgehead atoms. The molecule has 0 aliphatic heterocycles. The lowest BCUT2D eigenvalue weighted by Crippen LogP contribution is -2.45. The lowest BCUT2D eigenvalue weighted by Gasteiger charge is -2.38. The number of carbonyl (C=O) groups excluding carboxylic acids is 1. The Balaban J connectivity index is 2.63. The number of hydrogen-bond acceptors (Lipinski definition) is 2. The van der Waals surface area contributed by atoms with Gasteiger partial charge in [-0.1, -0.05) is 13.8 Å². The summed E-state index contributed by atoms with van der Waals surface area (Å²) in [4.78, 5) is 13.6. The first-order valence-electron chi connectivity index (χ1n) is 6.32. The van der Waals surface area contributed by atoms with Gasteiger partial charge in [-0.2, -0.15) is 5.26 Å². The number of halogens is 1. The van der Waals surface area contributed by atoms with Crippen molar-refractivity contribution in [3.8, 4) is 6.07 Å². The van der Waals surface area contributed by atoms with Crippen molar-refractivity contribution in [3.63, 3.8) is 0 Å². The van der Waals surface area contributed by atoms with E-state index in [2.05, 4.69) is 19.9 Å². The zero-order chi connectivity index (χ0) is 12.8. The van der Waals surface area contributed by atoms with Gasteiger partial charge in [-0.3, -0.25) is 4.79 Å². The summed E-state index contributed by atoms with van der Waals surface area (Å²) in [6, 6.07) is 2.38. The Labute approximate surface area is 109 Å². The Morgan fingerprint density at radius 1 is 1.41 bits per heavy atom. The molecule has 0 aromatic carbocycles. The van der Waals surface area contributed by atoms with Gasteiger partial charge in [0, 0.05) is 12.6 Å². The maximum Gasteiger partial charge on any atom is 0.237 e. The van der Waals surface area contributed by atoms with Crippen molar-refractivity contribution in [3.05, 3.63) is 0 Å². The fourth-order valence-electron chi connectivity index (χ4n) is 2.56. The van der Waals surface area contributed by atoms with Gasteiger partial charge in [0.2, 0.25) is 5.91 Å². The normalized spacial score (nSPS) is 28.5. The SMILES string of the molecule is CC1CCC(N(CCC#N)C(=O)CCl)CC1C. The molecule has 1 aliphatic carbocycles. The van der Waals surface area contributed by atoms with Gasteiger partial charge in [0.05, 0.1) is 12.5 Å². The second-order valence-electron chi connectivity index (χ2n) is 5.05. The van der Waals surface area contributed by atoms with Crippen LogP contribution in [0.1, 0.15) is 39.5 Å². The van der Waals surface area contributed by atoms with E-state index in [1.165, 1.54) is 0 Å². The molecule has 0 N–H and O–H groups in total. The average Bonchev–Trinajstić information content (AvgIpc) is 2.33. The van der Waals surface area contributed by atoms with Crippen LogP contribution in [-0.2, 0) is 4.79 Å². The summed E-state index contributed by atoms with van der Waals surface area (Å²) in [6.45, 7) is 5.03. The van der Waals surface area contributed by atoms with Crippen LogP contribution in [-0.4, -0.2) is 29.3 Å². The van der Waals surface area contributed by atoms with Crippen LogP contribution < -0.4 is 0 Å². The van der Waals surface area contributed by atoms with E-state index in [0.717, 1.165) is 25.2 Å². The molecule has 17 heavy (non-hydrogen) atoms. The Bertz CT molecular complexity index is 300. The number of amides is 1. The minimum Gasteiger partial charge on any atom is -0.338 e. The Kier molecular flexibility index (Phi) is 5.77. The predicted molar refractivity (Wildman–Crippen MR) is 68.6 cm³/mol. The first-order chi connectivity index (χ1) is 8.10. The lowest BCUT2D eigenvalue weighted by atomic mass is 9.78. The van der Waals surface area contributed by atoms with Gasteiger partial charge in [0.15, 0.2) is 0 Å². The Hall–Kier alpha value is -0.750. The van der Waals surface area contributed by atoms with E-state index in [0.29, 0.717) is 18.9 Å². The van der Waals surface area contributed by atoms with E-state index < -0.39 is 0 Å². The van der Waals surface area contributed by atoms with Gasteiger partial charge in [-0.25, -0.2) is 0 Å². The van der Waals surface area contributed by atoms with E-state index in [1.807, 2.05) is 4.90 Å². The van der Waals surface area contributed by atoms with Crippen molar-refractivity contribution in [2.24, 2.45) is 11.8 Å². The second kappa shape index (κ2) is 6.86. The highest BCUT2D eigenvalue weighted by molar-refractivity contribution is 6.27. The number of rotatable bonds is 4. The highest BCUT2D eigenvalue weighted by Gasteiger charge is 2.30. The molecule has 3 nitrogen and oxygen atoms in total. The van der Waals surface area contributed by atoms with E-state index >= 15 is 0 Å². The minimum absolute atomic E-state index is 0.0197. The molecular weight excluding hydrogens is 236 g/mol. The summed E-state index contributed by atoms with van der Waals surface area (Å²) in [6.07, 6.45) is 3.63. The summed E-state index contributed by atoms with van der Waals surface area (Å²) >= 11 is 5.64. The standard InChI is InChI=1S/C13H21ClN2O/c1-10-4-5-12(8-11(10)2)16(7-3-6-15)13(17)9-14/h10-12H,3-5,7-9H2,1-2H3. The van der Waals surface area contributed by atoms with Gasteiger partial charge >= 0.3 is 0 Å². The number of alkyl halides is 1. The molecule has 1 fully saturated rings. The van der Waals surface area contributed by atoms with Gasteiger partial charge in [0.1, 0.15) is 5.88 Å². The molecular formula is C13H21ClN2O. The predicted octanol–water partition coefficient (Wildman–Crippen LogP) is 2.79. The summed E-state index contributed by atoms with van der Waals surface area (Å²) < 4.78 is 0. The maximum atomic E-state index is 11.8. The smallest absolute Gasteiger partial charge is 0.237 e. The zero-order valence-corrected chi connectivity index (χ0v) is 11.4. The molecule has 1 saturated carbocycles. The Morgan fingerprint density at radius 2 is 2.12 bits per heavy atom. The van der Waals surface area contributed by atoms with Gasteiger partial charge in [-0.15, -0.1) is 11.6 Å². The lowest BCUT2D eigenvalue weighted by molar-refractivity contribution is -0.131. The molecule has 0 aromatic rings. The molecule has 4 heteroatoms. The summed E-state index contributed by atoms with van der Waals surface area (Å²) in [7, 11) is 0. The highest BCUT2D eigenvalue weighted by Crippen LogP contribution is 2.32. The van der Waals surface area contributed by atoms with E-state index in [-0.39, 0.29) is 17.8 Å². The zero-order valence-electron chi connectivity index (χ0n) is 10.7. The first-order valence-corrected chi connectivity index (χ1v) is 6.86. The summed E-state index contributed by atoms with van der Waals surface area (Å²) in [5.41, 5.74) is 0. The molecule has 1 rings (SSSR count). The largest absolute Gasteiger partial charge is 0.338 e. The van der Waals surface area contributed by atoms with Gasteiger partial charge in [-0.05, 0) is 31.1 Å². The van der Waals surface area contributed by atoms with Crippen molar-refractivity contribution in [2.75, 3.05) is 12.4 Å². The van der Waals surface area contributed by atoms with Crippen LogP contribution in [0.15, 0.2) is 0 Å². The molecule has 1 amide bonds. The second-order valence-corrected chi connectivity index (χ2v) is 5.32. The van der Waals surface area contributed by atoms with Crippen molar-refractivity contribution in [2.45, 2.75) is 45.6 Å². The topological polar surface area (TPSA) is 44.1 Å². The van der Waals surface area contributed by atoms with E-state index in [1.54, 1.807) is 0 Å². The molecule has 96 valence electrons. The third-order valence-corrected chi connectivity index (χ3v) is 4.14. The van der Waals surface area contributed by atoms with Crippen molar-refractivity contribution < 1.29 is 4.79 Å². The molecule has 3 atom stereocenters. The number of carbonyl (C=O) groups is 1. The molecule has 0 heterocycles. The van der Waals surface area contributed by atoms with E-state index in [4.69, 9.17) is 16.9 Å². The van der Waals surface area contributed by atoms with Crippen molar-refractivity contribution in [1.82, 2.24) is 4.90 Å². The first kappa shape index (κ1) is 14.3. The highest BCUT2D eigenvalue weighted by atomic mass is 35.5. The van der Waals surface area contributed by atoms with Crippen LogP contribution >= 0.6 is 11.6 Å². The van der Waals surface area contributed by atoms with Crippen LogP contribution in [0.3, 0.4) is 0 Å². The molecule has 0 saturated heterocycles. The third kappa shape index (κ3) is 3.89. The van der Waals surface area contributed by atoms with E-state index in [9.17, 15) is 4.79 Å². The summed E-state index contributed by atoms with van der Waals surface area (Å²) in [5, 5.41) is 8.64. The van der Waals surface area contributed by atoms with Crippen LogP contribution in [0, 0.1) is 23.2 Å². The van der Waals surface area contributed by atoms with Crippen molar-refractivity contribution in [1.29, 1.82) is 5.26 Å². The van der Waals surface area contributed by atoms with Crippen LogP contribution in [0.5, 0.6) is 0 Å². The molecule has 0 aromatic heterocycles. The van der Waals surface area contributed by atoms with Gasteiger partial charge in [0.25, 0.3) is 0 Å². The van der Waals surface area contributed by atoms with Crippen LogP contribution in [0.4, 0.5) is 0 Å². The third-order valence-electron chi connectivity index (χ3n) is 3.91. The number of nitrogens with zero attached hydrogens (tertiary/aromatic N) is 2. The molecule has 0 radical (unpaired) electrons. The minimum atomic E-state index is -0.0336. The fourth-order valence-corrected chi connectivity index (χ4v) is 2.71. The molecule has 3 unspecified atom stereocenters. The maximum absolute atomic E-state index is 11.8. The van der Waals surface area contributed by atoms with Gasteiger partial charge < -0.3 is 4.90 Å². The fraction of sp³-hybridized carbons (Fsp3) is 0.846. The Morgan fingerprint density at radius 3 is 2.65 bits per heavy atom. The molecule has 1 aliphatic rings.